The van der Waals surface area contributed by atoms with Gasteiger partial charge in [0, 0.05) is 13.1 Å². The third-order valence-electron chi connectivity index (χ3n) is 3.98. The monoisotopic (exact) mass is 316 g/mol. The quantitative estimate of drug-likeness (QED) is 0.680. The maximum Gasteiger partial charge on any atom is 0.132 e. The minimum atomic E-state index is 0.391. The highest BCUT2D eigenvalue weighted by molar-refractivity contribution is 5.26. The third-order valence-corrected chi connectivity index (χ3v) is 3.98. The van der Waals surface area contributed by atoms with Crippen LogP contribution in [0.15, 0.2) is 24.3 Å². The molecule has 0 amide bonds. The highest BCUT2D eigenvalue weighted by atomic mass is 16.5. The lowest BCUT2D eigenvalue weighted by molar-refractivity contribution is 0.289. The highest BCUT2D eigenvalue weighted by Crippen LogP contribution is 2.15. The second-order valence-electron chi connectivity index (χ2n) is 5.93. The first-order valence-electron chi connectivity index (χ1n) is 8.55. The zero-order valence-corrected chi connectivity index (χ0v) is 14.3. The van der Waals surface area contributed by atoms with Gasteiger partial charge in [-0.1, -0.05) is 55.5 Å². The predicted octanol–water partition coefficient (Wildman–Crippen LogP) is 3.59. The average Bonchev–Trinajstić information content (AvgIpc) is 2.96. The molecule has 0 saturated carbocycles. The summed E-state index contributed by atoms with van der Waals surface area (Å²) in [7, 11) is 0. The van der Waals surface area contributed by atoms with E-state index in [1.807, 2.05) is 28.9 Å². The normalized spacial score (nSPS) is 10.9. The van der Waals surface area contributed by atoms with Crippen LogP contribution in [0.5, 0.6) is 5.75 Å². The van der Waals surface area contributed by atoms with E-state index in [4.69, 9.17) is 10.5 Å². The van der Waals surface area contributed by atoms with Gasteiger partial charge in [0.25, 0.3) is 0 Å². The Balaban J connectivity index is 1.93. The molecule has 2 aromatic rings. The van der Waals surface area contributed by atoms with Crippen LogP contribution in [0, 0.1) is 6.92 Å². The number of rotatable bonds is 10. The summed E-state index contributed by atoms with van der Waals surface area (Å²) in [6.07, 6.45) is 6.18. The molecule has 5 heteroatoms. The van der Waals surface area contributed by atoms with Gasteiger partial charge in [-0.2, -0.15) is 0 Å². The zero-order chi connectivity index (χ0) is 16.5. The molecule has 0 aliphatic carbocycles. The first-order chi connectivity index (χ1) is 11.2. The maximum absolute atomic E-state index is 5.88. The van der Waals surface area contributed by atoms with E-state index in [-0.39, 0.29) is 0 Å². The van der Waals surface area contributed by atoms with E-state index in [1.165, 1.54) is 31.2 Å². The number of aromatic nitrogens is 3. The number of unbranched alkanes of at least 4 members (excludes halogenated alkanes) is 4. The van der Waals surface area contributed by atoms with Gasteiger partial charge in [0.05, 0.1) is 0 Å². The fraction of sp³-hybridized carbons (Fsp3) is 0.556. The molecule has 2 N–H and O–H groups in total. The van der Waals surface area contributed by atoms with Gasteiger partial charge in [0.1, 0.15) is 23.7 Å². The van der Waals surface area contributed by atoms with Crippen LogP contribution < -0.4 is 10.5 Å². The summed E-state index contributed by atoms with van der Waals surface area (Å²) in [5, 5.41) is 8.42. The summed E-state index contributed by atoms with van der Waals surface area (Å²) >= 11 is 0. The first-order valence-corrected chi connectivity index (χ1v) is 8.55. The molecule has 0 aliphatic heterocycles. The van der Waals surface area contributed by atoms with Gasteiger partial charge in [0.15, 0.2) is 0 Å². The third kappa shape index (κ3) is 5.36. The summed E-state index contributed by atoms with van der Waals surface area (Å²) in [4.78, 5) is 0. The van der Waals surface area contributed by atoms with Crippen molar-refractivity contribution in [3.8, 4) is 5.75 Å². The average molecular weight is 316 g/mol. The molecule has 0 atom stereocenters. The van der Waals surface area contributed by atoms with Crippen LogP contribution in [-0.2, 0) is 19.7 Å². The van der Waals surface area contributed by atoms with Gasteiger partial charge in [-0.25, -0.2) is 4.68 Å². The van der Waals surface area contributed by atoms with Crippen LogP contribution in [-0.4, -0.2) is 15.0 Å². The van der Waals surface area contributed by atoms with Crippen molar-refractivity contribution in [3.05, 3.63) is 41.2 Å². The van der Waals surface area contributed by atoms with E-state index >= 15 is 0 Å². The Morgan fingerprint density at radius 1 is 1.09 bits per heavy atom. The highest BCUT2D eigenvalue weighted by Gasteiger charge is 2.12. The van der Waals surface area contributed by atoms with E-state index < -0.39 is 0 Å². The van der Waals surface area contributed by atoms with Crippen molar-refractivity contribution in [1.82, 2.24) is 15.0 Å². The molecule has 1 heterocycles. The zero-order valence-electron chi connectivity index (χ0n) is 14.3. The summed E-state index contributed by atoms with van der Waals surface area (Å²) in [5.74, 6) is 0.856. The number of hydrogen-bond donors (Lipinski definition) is 1. The molecule has 0 radical (unpaired) electrons. The van der Waals surface area contributed by atoms with Crippen molar-refractivity contribution in [3.63, 3.8) is 0 Å². The van der Waals surface area contributed by atoms with Crippen LogP contribution in [0.4, 0.5) is 0 Å². The molecule has 0 fully saturated rings. The standard InChI is InChI=1S/C18H28N4O/c1-3-4-5-6-7-12-22-18(17(13-19)20-21-22)14-23-16-10-8-15(2)9-11-16/h8-11H,3-7,12-14,19H2,1-2H3. The Labute approximate surface area is 138 Å². The smallest absolute Gasteiger partial charge is 0.132 e. The number of aryl methyl sites for hydroxylation is 2. The molecule has 0 saturated heterocycles. The van der Waals surface area contributed by atoms with Crippen LogP contribution >= 0.6 is 0 Å². The fourth-order valence-electron chi connectivity index (χ4n) is 2.52. The molecule has 126 valence electrons. The van der Waals surface area contributed by atoms with Gasteiger partial charge < -0.3 is 10.5 Å². The second-order valence-corrected chi connectivity index (χ2v) is 5.93. The molecular weight excluding hydrogens is 288 g/mol. The van der Waals surface area contributed by atoms with E-state index in [2.05, 4.69) is 24.2 Å². The number of nitrogens with two attached hydrogens (primary N) is 1. The van der Waals surface area contributed by atoms with Crippen molar-refractivity contribution in [2.45, 2.75) is 65.6 Å². The lowest BCUT2D eigenvalue weighted by atomic mass is 10.1. The van der Waals surface area contributed by atoms with Crippen molar-refractivity contribution in [2.75, 3.05) is 0 Å². The summed E-state index contributed by atoms with van der Waals surface area (Å²) in [6.45, 7) is 6.02. The van der Waals surface area contributed by atoms with Crippen LogP contribution in [0.1, 0.15) is 56.0 Å². The lowest BCUT2D eigenvalue weighted by Crippen LogP contribution is -2.11. The first kappa shape index (κ1) is 17.5. The summed E-state index contributed by atoms with van der Waals surface area (Å²) in [6, 6.07) is 8.05. The number of hydrogen-bond acceptors (Lipinski definition) is 4. The van der Waals surface area contributed by atoms with Crippen LogP contribution in [0.2, 0.25) is 0 Å². The molecule has 0 unspecified atom stereocenters. The molecule has 2 rings (SSSR count). The van der Waals surface area contributed by atoms with Crippen molar-refractivity contribution >= 4 is 0 Å². The fourth-order valence-corrected chi connectivity index (χ4v) is 2.52. The van der Waals surface area contributed by atoms with Gasteiger partial charge in [0.2, 0.25) is 0 Å². The molecule has 0 aliphatic rings. The molecule has 5 nitrogen and oxygen atoms in total. The predicted molar refractivity (Wildman–Crippen MR) is 92.2 cm³/mol. The lowest BCUT2D eigenvalue weighted by Gasteiger charge is -2.10. The van der Waals surface area contributed by atoms with Crippen molar-refractivity contribution in [1.29, 1.82) is 0 Å². The van der Waals surface area contributed by atoms with E-state index in [9.17, 15) is 0 Å². The number of ether oxygens (including phenoxy) is 1. The van der Waals surface area contributed by atoms with Gasteiger partial charge >= 0.3 is 0 Å². The van der Waals surface area contributed by atoms with E-state index in [0.717, 1.165) is 30.1 Å². The topological polar surface area (TPSA) is 66.0 Å². The Hall–Kier alpha value is -1.88. The van der Waals surface area contributed by atoms with Crippen LogP contribution in [0.3, 0.4) is 0 Å². The molecular formula is C18H28N4O. The molecule has 1 aromatic heterocycles. The largest absolute Gasteiger partial charge is 0.487 e. The number of benzene rings is 1. The van der Waals surface area contributed by atoms with Crippen molar-refractivity contribution in [2.24, 2.45) is 5.73 Å². The molecule has 0 spiro atoms. The Morgan fingerprint density at radius 2 is 1.83 bits per heavy atom. The number of nitrogens with zero attached hydrogens (tertiary/aromatic N) is 3. The summed E-state index contributed by atoms with van der Waals surface area (Å²) < 4.78 is 7.82. The van der Waals surface area contributed by atoms with E-state index in [1.54, 1.807) is 0 Å². The Kier molecular flexibility index (Phi) is 7.07. The molecule has 1 aromatic carbocycles. The van der Waals surface area contributed by atoms with Gasteiger partial charge in [-0.15, -0.1) is 5.10 Å². The maximum atomic E-state index is 5.88. The Morgan fingerprint density at radius 3 is 2.52 bits per heavy atom. The Bertz CT molecular complexity index is 577. The minimum Gasteiger partial charge on any atom is -0.487 e. The summed E-state index contributed by atoms with van der Waals surface area (Å²) in [5.41, 5.74) is 8.81. The molecule has 23 heavy (non-hydrogen) atoms. The minimum absolute atomic E-state index is 0.391. The second kappa shape index (κ2) is 9.30. The van der Waals surface area contributed by atoms with Crippen molar-refractivity contribution < 1.29 is 4.74 Å². The van der Waals surface area contributed by atoms with Crippen LogP contribution in [0.25, 0.3) is 0 Å². The van der Waals surface area contributed by atoms with Gasteiger partial charge in [-0.3, -0.25) is 0 Å². The molecule has 0 bridgehead atoms. The van der Waals surface area contributed by atoms with E-state index in [0.29, 0.717) is 13.2 Å². The van der Waals surface area contributed by atoms with Gasteiger partial charge in [-0.05, 0) is 25.5 Å². The SMILES string of the molecule is CCCCCCCn1nnc(CN)c1COc1ccc(C)cc1.